The summed E-state index contributed by atoms with van der Waals surface area (Å²) in [7, 11) is 3.93. The van der Waals surface area contributed by atoms with E-state index in [0.29, 0.717) is 24.6 Å². The monoisotopic (exact) mass is 403 g/mol. The molecule has 3 aromatic rings. The molecule has 1 amide bonds. The Balaban J connectivity index is 1.62. The fourth-order valence-electron chi connectivity index (χ4n) is 3.58. The first-order valence-electron chi connectivity index (χ1n) is 10.1. The van der Waals surface area contributed by atoms with Crippen LogP contribution >= 0.6 is 0 Å². The Bertz CT molecular complexity index is 1020. The van der Waals surface area contributed by atoms with Gasteiger partial charge >= 0.3 is 0 Å². The van der Waals surface area contributed by atoms with Gasteiger partial charge in [0, 0.05) is 63.3 Å². The van der Waals surface area contributed by atoms with Gasteiger partial charge < -0.3 is 9.80 Å². The zero-order valence-electron chi connectivity index (χ0n) is 17.5. The molecule has 1 fully saturated rings. The third kappa shape index (κ3) is 4.27. The molecular formula is C22H25N7O. The molecule has 1 aliphatic heterocycles. The molecule has 4 rings (SSSR count). The molecule has 1 unspecified atom stereocenters. The number of carbonyl (C=O) groups excluding carboxylic acids is 1. The second kappa shape index (κ2) is 8.52. The van der Waals surface area contributed by atoms with Crippen molar-refractivity contribution in [1.82, 2.24) is 29.8 Å². The van der Waals surface area contributed by atoms with E-state index in [1.54, 1.807) is 24.8 Å². The number of aryl methyl sites for hydroxylation is 1. The maximum atomic E-state index is 12.9. The molecule has 0 radical (unpaired) electrons. The summed E-state index contributed by atoms with van der Waals surface area (Å²) < 4.78 is 0. The minimum atomic E-state index is -0.0819. The normalized spacial score (nSPS) is 16.4. The van der Waals surface area contributed by atoms with Crippen molar-refractivity contribution in [2.45, 2.75) is 25.7 Å². The summed E-state index contributed by atoms with van der Waals surface area (Å²) >= 11 is 0. The van der Waals surface area contributed by atoms with Crippen LogP contribution in [0.15, 0.2) is 43.0 Å². The minimum Gasteiger partial charge on any atom is -0.363 e. The topological polar surface area (TPSA) is 88.0 Å². The van der Waals surface area contributed by atoms with E-state index in [1.807, 2.05) is 49.0 Å². The number of rotatable bonds is 4. The molecule has 1 saturated heterocycles. The van der Waals surface area contributed by atoms with Crippen molar-refractivity contribution in [2.75, 3.05) is 32.1 Å². The van der Waals surface area contributed by atoms with Crippen LogP contribution in [0, 0.1) is 6.92 Å². The first-order valence-corrected chi connectivity index (χ1v) is 10.1. The second-order valence-electron chi connectivity index (χ2n) is 7.74. The number of carbonyl (C=O) groups is 1. The zero-order valence-corrected chi connectivity index (χ0v) is 17.5. The van der Waals surface area contributed by atoms with Crippen molar-refractivity contribution in [1.29, 1.82) is 0 Å². The van der Waals surface area contributed by atoms with Gasteiger partial charge in [0.15, 0.2) is 5.82 Å². The molecule has 154 valence electrons. The average molecular weight is 403 g/mol. The lowest BCUT2D eigenvalue weighted by Crippen LogP contribution is -2.39. The Hall–Kier alpha value is -3.42. The molecule has 8 nitrogen and oxygen atoms in total. The highest BCUT2D eigenvalue weighted by Crippen LogP contribution is 2.29. The van der Waals surface area contributed by atoms with Gasteiger partial charge in [0.2, 0.25) is 0 Å². The highest BCUT2D eigenvalue weighted by molar-refractivity contribution is 5.92. The number of pyridine rings is 1. The van der Waals surface area contributed by atoms with Gasteiger partial charge in [-0.05, 0) is 31.9 Å². The first kappa shape index (κ1) is 19.9. The first-order chi connectivity index (χ1) is 14.5. The van der Waals surface area contributed by atoms with Gasteiger partial charge in [-0.25, -0.2) is 15.0 Å². The Morgan fingerprint density at radius 1 is 1.17 bits per heavy atom. The Morgan fingerprint density at radius 2 is 2.03 bits per heavy atom. The highest BCUT2D eigenvalue weighted by Gasteiger charge is 2.28. The van der Waals surface area contributed by atoms with Gasteiger partial charge in [-0.3, -0.25) is 14.8 Å². The van der Waals surface area contributed by atoms with E-state index >= 15 is 0 Å². The van der Waals surface area contributed by atoms with E-state index in [-0.39, 0.29) is 11.8 Å². The SMILES string of the molecule is Cc1cnc(C(=O)N2CCCC(c3cc(N(C)C)nc(-c4cccnc4)n3)C2)cn1. The number of hydrogen-bond acceptors (Lipinski definition) is 7. The van der Waals surface area contributed by atoms with Gasteiger partial charge in [-0.15, -0.1) is 0 Å². The van der Waals surface area contributed by atoms with Crippen molar-refractivity contribution in [3.63, 3.8) is 0 Å². The minimum absolute atomic E-state index is 0.0819. The van der Waals surface area contributed by atoms with Crippen LogP contribution in [0.25, 0.3) is 11.4 Å². The molecule has 0 aromatic carbocycles. The Morgan fingerprint density at radius 3 is 2.73 bits per heavy atom. The van der Waals surface area contributed by atoms with Crippen LogP contribution in [-0.2, 0) is 0 Å². The van der Waals surface area contributed by atoms with Gasteiger partial charge in [-0.2, -0.15) is 0 Å². The molecular weight excluding hydrogens is 378 g/mol. The summed E-state index contributed by atoms with van der Waals surface area (Å²) in [4.78, 5) is 38.9. The summed E-state index contributed by atoms with van der Waals surface area (Å²) in [5.74, 6) is 1.55. The lowest BCUT2D eigenvalue weighted by molar-refractivity contribution is 0.0699. The molecule has 8 heteroatoms. The van der Waals surface area contributed by atoms with Gasteiger partial charge in [0.25, 0.3) is 5.91 Å². The van der Waals surface area contributed by atoms with Crippen molar-refractivity contribution in [2.24, 2.45) is 0 Å². The lowest BCUT2D eigenvalue weighted by Gasteiger charge is -2.32. The third-order valence-electron chi connectivity index (χ3n) is 5.24. The van der Waals surface area contributed by atoms with Crippen LogP contribution in [-0.4, -0.2) is 62.9 Å². The van der Waals surface area contributed by atoms with Gasteiger partial charge in [-0.1, -0.05) is 0 Å². The number of aromatic nitrogens is 5. The predicted molar refractivity (Wildman–Crippen MR) is 114 cm³/mol. The molecule has 0 aliphatic carbocycles. The molecule has 0 bridgehead atoms. The van der Waals surface area contributed by atoms with Crippen LogP contribution in [0.1, 0.15) is 40.6 Å². The van der Waals surface area contributed by atoms with E-state index in [9.17, 15) is 4.79 Å². The van der Waals surface area contributed by atoms with Crippen molar-refractivity contribution in [3.8, 4) is 11.4 Å². The molecule has 1 aliphatic rings. The number of piperidine rings is 1. The fourth-order valence-corrected chi connectivity index (χ4v) is 3.58. The second-order valence-corrected chi connectivity index (χ2v) is 7.74. The summed E-state index contributed by atoms with van der Waals surface area (Å²) in [6.07, 6.45) is 8.57. The molecule has 3 aromatic heterocycles. The van der Waals surface area contributed by atoms with Crippen LogP contribution in [0.3, 0.4) is 0 Å². The summed E-state index contributed by atoms with van der Waals surface area (Å²) in [6.45, 7) is 3.17. The van der Waals surface area contributed by atoms with Crippen LogP contribution in [0.4, 0.5) is 5.82 Å². The zero-order chi connectivity index (χ0) is 21.1. The number of hydrogen-bond donors (Lipinski definition) is 0. The van der Waals surface area contributed by atoms with Crippen LogP contribution in [0.2, 0.25) is 0 Å². The van der Waals surface area contributed by atoms with E-state index in [2.05, 4.69) is 19.9 Å². The summed E-state index contributed by atoms with van der Waals surface area (Å²) in [6, 6.07) is 5.85. The van der Waals surface area contributed by atoms with Gasteiger partial charge in [0.1, 0.15) is 11.5 Å². The fraction of sp³-hybridized carbons (Fsp3) is 0.364. The quantitative estimate of drug-likeness (QED) is 0.662. The Labute approximate surface area is 176 Å². The van der Waals surface area contributed by atoms with Crippen molar-refractivity contribution < 1.29 is 4.79 Å². The molecule has 0 spiro atoms. The van der Waals surface area contributed by atoms with E-state index in [1.165, 1.54) is 0 Å². The molecule has 0 saturated carbocycles. The van der Waals surface area contributed by atoms with Crippen molar-refractivity contribution >= 4 is 11.7 Å². The molecule has 30 heavy (non-hydrogen) atoms. The van der Waals surface area contributed by atoms with Crippen molar-refractivity contribution in [3.05, 3.63) is 60.1 Å². The van der Waals surface area contributed by atoms with Crippen LogP contribution < -0.4 is 4.90 Å². The average Bonchev–Trinajstić information content (AvgIpc) is 2.79. The summed E-state index contributed by atoms with van der Waals surface area (Å²) in [5, 5.41) is 0. The predicted octanol–water partition coefficient (Wildman–Crippen LogP) is 2.72. The van der Waals surface area contributed by atoms with E-state index in [4.69, 9.17) is 4.98 Å². The third-order valence-corrected chi connectivity index (χ3v) is 5.24. The van der Waals surface area contributed by atoms with E-state index < -0.39 is 0 Å². The highest BCUT2D eigenvalue weighted by atomic mass is 16.2. The maximum absolute atomic E-state index is 12.9. The summed E-state index contributed by atoms with van der Waals surface area (Å²) in [5.41, 5.74) is 3.00. The van der Waals surface area contributed by atoms with E-state index in [0.717, 1.165) is 35.6 Å². The number of likely N-dealkylation sites (tertiary alicyclic amines) is 1. The van der Waals surface area contributed by atoms with Crippen LogP contribution in [0.5, 0.6) is 0 Å². The van der Waals surface area contributed by atoms with Gasteiger partial charge in [0.05, 0.1) is 17.6 Å². The Kier molecular flexibility index (Phi) is 5.65. The number of anilines is 1. The smallest absolute Gasteiger partial charge is 0.274 e. The number of amides is 1. The standard InChI is InChI=1S/C22H25N7O/c1-15-11-25-19(13-24-15)22(30)29-9-5-7-17(14-29)18-10-20(28(2)3)27-21(26-18)16-6-4-8-23-12-16/h4,6,8,10-13,17H,5,7,9,14H2,1-3H3. The molecule has 1 atom stereocenters. The lowest BCUT2D eigenvalue weighted by atomic mass is 9.94. The number of nitrogens with zero attached hydrogens (tertiary/aromatic N) is 7. The largest absolute Gasteiger partial charge is 0.363 e. The molecule has 0 N–H and O–H groups in total. The molecule has 4 heterocycles. The maximum Gasteiger partial charge on any atom is 0.274 e.